The van der Waals surface area contributed by atoms with E-state index in [2.05, 4.69) is 0 Å². The fourth-order valence-electron chi connectivity index (χ4n) is 2.16. The molecule has 2 rings (SSSR count). The van der Waals surface area contributed by atoms with E-state index >= 15 is 0 Å². The Balaban J connectivity index is 2.92. The summed E-state index contributed by atoms with van der Waals surface area (Å²) in [4.78, 5) is 25.0. The number of anilines is 1. The molecule has 0 aliphatic rings. The zero-order valence-corrected chi connectivity index (χ0v) is 11.5. The molecule has 1 aromatic heterocycles. The lowest BCUT2D eigenvalue weighted by Crippen LogP contribution is -2.26. The van der Waals surface area contributed by atoms with Crippen molar-refractivity contribution in [1.82, 2.24) is 0 Å². The molecule has 0 aliphatic carbocycles. The van der Waals surface area contributed by atoms with E-state index in [4.69, 9.17) is 16.0 Å². The number of hydrogen-bond donors (Lipinski definition) is 0. The number of aldehydes is 1. The molecule has 1 aromatic carbocycles. The Kier molecular flexibility index (Phi) is 3.90. The molecular formula is C14H14ClNO3. The molecule has 0 spiro atoms. The van der Waals surface area contributed by atoms with Crippen molar-refractivity contribution in [2.24, 2.45) is 0 Å². The summed E-state index contributed by atoms with van der Waals surface area (Å²) in [6, 6.07) is 5.00. The maximum Gasteiger partial charge on any atom is 0.349 e. The summed E-state index contributed by atoms with van der Waals surface area (Å²) < 4.78 is 5.15. The Hall–Kier alpha value is -1.81. The number of carbonyl (C=O) groups is 1. The Morgan fingerprint density at radius 1 is 1.32 bits per heavy atom. The van der Waals surface area contributed by atoms with Crippen LogP contribution in [0.25, 0.3) is 11.0 Å². The highest BCUT2D eigenvalue weighted by atomic mass is 35.5. The maximum atomic E-state index is 11.8. The highest BCUT2D eigenvalue weighted by Gasteiger charge is 2.18. The van der Waals surface area contributed by atoms with Crippen LogP contribution in [0.1, 0.15) is 24.2 Å². The highest BCUT2D eigenvalue weighted by molar-refractivity contribution is 6.31. The molecule has 0 radical (unpaired) electrons. The fourth-order valence-corrected chi connectivity index (χ4v) is 2.33. The van der Waals surface area contributed by atoms with Crippen LogP contribution in [0.3, 0.4) is 0 Å². The van der Waals surface area contributed by atoms with Crippen molar-refractivity contribution in [3.63, 3.8) is 0 Å². The predicted octanol–water partition coefficient (Wildman–Crippen LogP) is 3.11. The summed E-state index contributed by atoms with van der Waals surface area (Å²) in [5.41, 5.74) is 0.445. The number of fused-ring (bicyclic) bond motifs is 1. The number of rotatable bonds is 4. The van der Waals surface area contributed by atoms with Crippen LogP contribution in [-0.2, 0) is 0 Å². The molecule has 19 heavy (non-hydrogen) atoms. The zero-order valence-electron chi connectivity index (χ0n) is 10.8. The second-order valence-corrected chi connectivity index (χ2v) is 4.52. The monoisotopic (exact) mass is 279 g/mol. The van der Waals surface area contributed by atoms with Crippen LogP contribution < -0.4 is 10.5 Å². The minimum Gasteiger partial charge on any atom is -0.422 e. The molecule has 0 saturated heterocycles. The van der Waals surface area contributed by atoms with Gasteiger partial charge in [-0.2, -0.15) is 0 Å². The van der Waals surface area contributed by atoms with Gasteiger partial charge in [-0.15, -0.1) is 0 Å². The van der Waals surface area contributed by atoms with Gasteiger partial charge in [0, 0.05) is 23.5 Å². The molecule has 0 saturated carbocycles. The van der Waals surface area contributed by atoms with Crippen molar-refractivity contribution >= 4 is 34.5 Å². The molecule has 4 nitrogen and oxygen atoms in total. The van der Waals surface area contributed by atoms with Gasteiger partial charge < -0.3 is 9.32 Å². The molecule has 5 heteroatoms. The predicted molar refractivity (Wildman–Crippen MR) is 76.4 cm³/mol. The summed E-state index contributed by atoms with van der Waals surface area (Å²) in [5, 5.41) is 1.21. The van der Waals surface area contributed by atoms with Gasteiger partial charge in [-0.25, -0.2) is 4.79 Å². The van der Waals surface area contributed by atoms with Crippen LogP contribution in [-0.4, -0.2) is 19.4 Å². The van der Waals surface area contributed by atoms with Crippen molar-refractivity contribution in [2.45, 2.75) is 13.8 Å². The van der Waals surface area contributed by atoms with Gasteiger partial charge in [-0.3, -0.25) is 4.79 Å². The smallest absolute Gasteiger partial charge is 0.349 e. The Bertz CT molecular complexity index is 674. The fraction of sp³-hybridized carbons (Fsp3) is 0.286. The van der Waals surface area contributed by atoms with Crippen LogP contribution in [0.4, 0.5) is 5.69 Å². The molecule has 0 bridgehead atoms. The molecule has 100 valence electrons. The molecule has 0 fully saturated rings. The van der Waals surface area contributed by atoms with E-state index in [-0.39, 0.29) is 5.56 Å². The van der Waals surface area contributed by atoms with Crippen molar-refractivity contribution in [3.05, 3.63) is 39.2 Å². The molecule has 0 atom stereocenters. The van der Waals surface area contributed by atoms with Crippen LogP contribution in [0, 0.1) is 0 Å². The lowest BCUT2D eigenvalue weighted by atomic mass is 10.1. The third-order valence-electron chi connectivity index (χ3n) is 3.07. The first-order valence-corrected chi connectivity index (χ1v) is 6.46. The van der Waals surface area contributed by atoms with Gasteiger partial charge in [0.05, 0.1) is 5.69 Å². The maximum absolute atomic E-state index is 11.8. The summed E-state index contributed by atoms with van der Waals surface area (Å²) in [5.74, 6) is 0. The van der Waals surface area contributed by atoms with Gasteiger partial charge in [0.15, 0.2) is 6.29 Å². The Labute approximate surface area is 115 Å². The molecule has 0 aliphatic heterocycles. The van der Waals surface area contributed by atoms with Crippen LogP contribution in [0.15, 0.2) is 27.4 Å². The first-order valence-electron chi connectivity index (χ1n) is 6.08. The Morgan fingerprint density at radius 2 is 2.00 bits per heavy atom. The molecule has 0 N–H and O–H groups in total. The quantitative estimate of drug-likeness (QED) is 0.637. The molecule has 1 heterocycles. The van der Waals surface area contributed by atoms with Gasteiger partial charge in [0.2, 0.25) is 0 Å². The van der Waals surface area contributed by atoms with Crippen molar-refractivity contribution < 1.29 is 9.21 Å². The standard InChI is InChI=1S/C14H14ClNO3/c1-3-16(4-2)13-10-7-9(15)5-6-12(10)19-14(18)11(13)8-17/h5-8H,3-4H2,1-2H3. The zero-order chi connectivity index (χ0) is 14.0. The van der Waals surface area contributed by atoms with Crippen molar-refractivity contribution in [3.8, 4) is 0 Å². The summed E-state index contributed by atoms with van der Waals surface area (Å²) in [6.45, 7) is 5.29. The minimum absolute atomic E-state index is 0.0402. The van der Waals surface area contributed by atoms with E-state index in [0.29, 0.717) is 41.1 Å². The van der Waals surface area contributed by atoms with Crippen LogP contribution >= 0.6 is 11.6 Å². The molecule has 0 unspecified atom stereocenters. The van der Waals surface area contributed by atoms with E-state index in [9.17, 15) is 9.59 Å². The van der Waals surface area contributed by atoms with Crippen LogP contribution in [0.2, 0.25) is 5.02 Å². The number of carbonyl (C=O) groups excluding carboxylic acids is 1. The van der Waals surface area contributed by atoms with Gasteiger partial charge in [0.25, 0.3) is 0 Å². The van der Waals surface area contributed by atoms with Crippen molar-refractivity contribution in [1.29, 1.82) is 0 Å². The molecular weight excluding hydrogens is 266 g/mol. The van der Waals surface area contributed by atoms with Gasteiger partial charge in [-0.1, -0.05) is 11.6 Å². The highest BCUT2D eigenvalue weighted by Crippen LogP contribution is 2.30. The molecule has 2 aromatic rings. The normalized spacial score (nSPS) is 10.7. The average molecular weight is 280 g/mol. The number of hydrogen-bond acceptors (Lipinski definition) is 4. The number of benzene rings is 1. The molecule has 0 amide bonds. The summed E-state index contributed by atoms with van der Waals surface area (Å²) in [6.07, 6.45) is 0.541. The van der Waals surface area contributed by atoms with E-state index in [1.165, 1.54) is 0 Å². The van der Waals surface area contributed by atoms with Gasteiger partial charge in [0.1, 0.15) is 11.1 Å². The summed E-state index contributed by atoms with van der Waals surface area (Å²) in [7, 11) is 0. The first-order chi connectivity index (χ1) is 9.12. The summed E-state index contributed by atoms with van der Waals surface area (Å²) >= 11 is 5.99. The second kappa shape index (κ2) is 5.45. The van der Waals surface area contributed by atoms with Gasteiger partial charge in [-0.05, 0) is 32.0 Å². The lowest BCUT2D eigenvalue weighted by molar-refractivity contribution is 0.112. The topological polar surface area (TPSA) is 50.5 Å². The van der Waals surface area contributed by atoms with E-state index in [1.807, 2.05) is 18.7 Å². The Morgan fingerprint density at radius 3 is 2.58 bits per heavy atom. The number of halogens is 1. The number of nitrogens with zero attached hydrogens (tertiary/aromatic N) is 1. The van der Waals surface area contributed by atoms with E-state index in [0.717, 1.165) is 0 Å². The van der Waals surface area contributed by atoms with Crippen molar-refractivity contribution in [2.75, 3.05) is 18.0 Å². The first kappa shape index (κ1) is 13.6. The minimum atomic E-state index is -0.619. The third-order valence-corrected chi connectivity index (χ3v) is 3.31. The third kappa shape index (κ3) is 2.36. The SMILES string of the molecule is CCN(CC)c1c(C=O)c(=O)oc2ccc(Cl)cc12. The van der Waals surface area contributed by atoms with E-state index in [1.54, 1.807) is 18.2 Å². The average Bonchev–Trinajstić information content (AvgIpc) is 2.40. The largest absolute Gasteiger partial charge is 0.422 e. The lowest BCUT2D eigenvalue weighted by Gasteiger charge is -2.23. The van der Waals surface area contributed by atoms with Crippen LogP contribution in [0.5, 0.6) is 0 Å². The van der Waals surface area contributed by atoms with Gasteiger partial charge >= 0.3 is 5.63 Å². The van der Waals surface area contributed by atoms with E-state index < -0.39 is 5.63 Å². The second-order valence-electron chi connectivity index (χ2n) is 4.08.